The van der Waals surface area contributed by atoms with Gasteiger partial charge in [0.05, 0.1) is 0 Å². The van der Waals surface area contributed by atoms with Gasteiger partial charge in [-0.3, -0.25) is 0 Å². The highest BCUT2D eigenvalue weighted by Crippen LogP contribution is 2.54. The van der Waals surface area contributed by atoms with Gasteiger partial charge in [0, 0.05) is 31.2 Å². The number of thiophene rings is 1. The van der Waals surface area contributed by atoms with E-state index in [-0.39, 0.29) is 5.41 Å². The van der Waals surface area contributed by atoms with E-state index in [2.05, 4.69) is 208 Å². The zero-order valence-corrected chi connectivity index (χ0v) is 34.2. The number of hydrogen-bond acceptors (Lipinski definition) is 1. The van der Waals surface area contributed by atoms with Crippen molar-refractivity contribution in [2.24, 2.45) is 0 Å². The highest BCUT2D eigenvalue weighted by atomic mass is 32.1. The van der Waals surface area contributed by atoms with Gasteiger partial charge >= 0.3 is 0 Å². The first-order chi connectivity index (χ1) is 29.5. The Hall–Kier alpha value is -7.06. The van der Waals surface area contributed by atoms with E-state index in [1.54, 1.807) is 0 Å². The van der Waals surface area contributed by atoms with Crippen molar-refractivity contribution in [3.63, 3.8) is 0 Å². The van der Waals surface area contributed by atoms with Crippen LogP contribution in [0.1, 0.15) is 25.0 Å². The van der Waals surface area contributed by atoms with Crippen LogP contribution in [-0.4, -0.2) is 0 Å². The minimum Gasteiger partial charge on any atom is -0.134 e. The van der Waals surface area contributed by atoms with E-state index in [1.807, 2.05) is 11.3 Å². The highest BCUT2D eigenvalue weighted by molar-refractivity contribution is 7.26. The molecule has 13 rings (SSSR count). The lowest BCUT2D eigenvalue weighted by atomic mass is 9.80. The third-order valence-electron chi connectivity index (χ3n) is 13.6. The molecule has 280 valence electrons. The molecule has 0 N–H and O–H groups in total. The van der Waals surface area contributed by atoms with Crippen LogP contribution in [0.2, 0.25) is 0 Å². The Bertz CT molecular complexity index is 3740. The van der Waals surface area contributed by atoms with Crippen LogP contribution in [0.5, 0.6) is 0 Å². The lowest BCUT2D eigenvalue weighted by Crippen LogP contribution is -2.15. The molecule has 0 saturated heterocycles. The molecule has 1 aliphatic rings. The van der Waals surface area contributed by atoms with Gasteiger partial charge in [-0.2, -0.15) is 0 Å². The molecule has 1 heteroatoms. The van der Waals surface area contributed by atoms with E-state index in [0.717, 1.165) is 0 Å². The number of fused-ring (bicyclic) bond motifs is 13. The van der Waals surface area contributed by atoms with Gasteiger partial charge in [0.25, 0.3) is 0 Å². The summed E-state index contributed by atoms with van der Waals surface area (Å²) < 4.78 is 2.70. The molecule has 1 aromatic heterocycles. The molecule has 0 unspecified atom stereocenters. The predicted molar refractivity (Wildman–Crippen MR) is 261 cm³/mol. The Morgan fingerprint density at radius 3 is 1.62 bits per heavy atom. The molecule has 0 spiro atoms. The molecule has 12 aromatic rings. The molecule has 0 nitrogen and oxygen atoms in total. The van der Waals surface area contributed by atoms with Gasteiger partial charge in [0.1, 0.15) is 0 Å². The fourth-order valence-corrected chi connectivity index (χ4v) is 12.1. The van der Waals surface area contributed by atoms with Crippen LogP contribution in [0.25, 0.3) is 119 Å². The Balaban J connectivity index is 1.01. The van der Waals surface area contributed by atoms with Crippen LogP contribution in [0.3, 0.4) is 0 Å². The van der Waals surface area contributed by atoms with Gasteiger partial charge in [0.15, 0.2) is 0 Å². The van der Waals surface area contributed by atoms with Gasteiger partial charge in [-0.25, -0.2) is 0 Å². The number of hydrogen-bond donors (Lipinski definition) is 0. The van der Waals surface area contributed by atoms with E-state index in [4.69, 9.17) is 0 Å². The summed E-state index contributed by atoms with van der Waals surface area (Å²) in [5.41, 5.74) is 13.0. The molecular weight excluding hydrogens is 741 g/mol. The normalized spacial score (nSPS) is 13.3. The standard InChI is InChI=1S/C59H38S/c1-59(2)51-30-27-38(49-32-37-16-5-8-20-42(37)57-56-41-19-7-4-15-36(41)28-31-53(56)60-58(49)57)33-50(51)43-29-26-39(34-52(43)59)54-45-21-9-11-23-47(45)55(48-24-12-10-22-46(48)54)44-25-13-17-35-14-3-6-18-40(35)44/h3-34H,1-2H3. The Morgan fingerprint density at radius 1 is 0.333 bits per heavy atom. The fraction of sp³-hybridized carbons (Fsp3) is 0.0508. The molecule has 0 aliphatic heterocycles. The minimum atomic E-state index is -0.164. The summed E-state index contributed by atoms with van der Waals surface area (Å²) in [4.78, 5) is 0. The van der Waals surface area contributed by atoms with Crippen molar-refractivity contribution in [3.05, 3.63) is 205 Å². The lowest BCUT2D eigenvalue weighted by molar-refractivity contribution is 0.660. The monoisotopic (exact) mass is 778 g/mol. The zero-order valence-electron chi connectivity index (χ0n) is 33.4. The highest BCUT2D eigenvalue weighted by Gasteiger charge is 2.36. The minimum absolute atomic E-state index is 0.164. The maximum atomic E-state index is 2.51. The van der Waals surface area contributed by atoms with Crippen LogP contribution in [0, 0.1) is 0 Å². The maximum absolute atomic E-state index is 2.51. The average Bonchev–Trinajstić information content (AvgIpc) is 3.80. The molecule has 0 bridgehead atoms. The largest absolute Gasteiger partial charge is 0.134 e. The zero-order chi connectivity index (χ0) is 39.7. The molecule has 0 saturated carbocycles. The van der Waals surface area contributed by atoms with E-state index < -0.39 is 0 Å². The van der Waals surface area contributed by atoms with E-state index in [9.17, 15) is 0 Å². The predicted octanol–water partition coefficient (Wildman–Crippen LogP) is 17.1. The lowest BCUT2D eigenvalue weighted by Gasteiger charge is -2.23. The molecule has 11 aromatic carbocycles. The van der Waals surface area contributed by atoms with Crippen LogP contribution >= 0.6 is 11.3 Å². The SMILES string of the molecule is CC1(C)c2ccc(-c3cc4ccccc4c4c3sc3ccc5ccccc5c34)cc2-c2ccc(-c3c4ccccc4c(-c4cccc5ccccc45)c4ccccc34)cc21. The molecular formula is C59H38S. The van der Waals surface area contributed by atoms with Gasteiger partial charge in [0.2, 0.25) is 0 Å². The van der Waals surface area contributed by atoms with Crippen molar-refractivity contribution < 1.29 is 0 Å². The summed E-state index contributed by atoms with van der Waals surface area (Å²) >= 11 is 1.93. The molecule has 0 radical (unpaired) electrons. The van der Waals surface area contributed by atoms with Crippen LogP contribution < -0.4 is 0 Å². The smallest absolute Gasteiger partial charge is 0.0440 e. The third kappa shape index (κ3) is 4.67. The van der Waals surface area contributed by atoms with Crippen molar-refractivity contribution in [1.82, 2.24) is 0 Å². The average molecular weight is 779 g/mol. The van der Waals surface area contributed by atoms with E-state index >= 15 is 0 Å². The molecule has 0 atom stereocenters. The second-order valence-corrected chi connectivity index (χ2v) is 18.2. The molecule has 1 aliphatic carbocycles. The summed E-state index contributed by atoms with van der Waals surface area (Å²) in [6.45, 7) is 4.82. The van der Waals surface area contributed by atoms with Gasteiger partial charge in [-0.1, -0.05) is 184 Å². The summed E-state index contributed by atoms with van der Waals surface area (Å²) in [7, 11) is 0. The van der Waals surface area contributed by atoms with Crippen molar-refractivity contribution >= 4 is 85.4 Å². The third-order valence-corrected chi connectivity index (χ3v) is 14.8. The summed E-state index contributed by atoms with van der Waals surface area (Å²) in [5.74, 6) is 0. The summed E-state index contributed by atoms with van der Waals surface area (Å²) in [5, 5.41) is 15.6. The van der Waals surface area contributed by atoms with Crippen LogP contribution in [0.15, 0.2) is 194 Å². The van der Waals surface area contributed by atoms with Crippen LogP contribution in [-0.2, 0) is 5.41 Å². The second-order valence-electron chi connectivity index (χ2n) is 17.1. The van der Waals surface area contributed by atoms with Crippen molar-refractivity contribution in [3.8, 4) is 44.5 Å². The molecule has 0 fully saturated rings. The van der Waals surface area contributed by atoms with Crippen LogP contribution in [0.4, 0.5) is 0 Å². The second kappa shape index (κ2) is 12.5. The van der Waals surface area contributed by atoms with E-state index in [1.165, 1.54) is 130 Å². The Morgan fingerprint density at radius 2 is 0.900 bits per heavy atom. The first-order valence-corrected chi connectivity index (χ1v) is 21.8. The quantitative estimate of drug-likeness (QED) is 0.157. The van der Waals surface area contributed by atoms with Crippen molar-refractivity contribution in [2.45, 2.75) is 19.3 Å². The maximum Gasteiger partial charge on any atom is 0.0440 e. The molecule has 0 amide bonds. The van der Waals surface area contributed by atoms with Gasteiger partial charge in [-0.15, -0.1) is 11.3 Å². The molecule has 60 heavy (non-hydrogen) atoms. The fourth-order valence-electron chi connectivity index (χ4n) is 10.9. The summed E-state index contributed by atoms with van der Waals surface area (Å²) in [6.07, 6.45) is 0. The summed E-state index contributed by atoms with van der Waals surface area (Å²) in [6, 6.07) is 73.0. The first kappa shape index (κ1) is 33.9. The first-order valence-electron chi connectivity index (χ1n) is 21.0. The van der Waals surface area contributed by atoms with Gasteiger partial charge in [-0.05, 0) is 128 Å². The topological polar surface area (TPSA) is 0 Å². The Kier molecular flexibility index (Phi) is 7.04. The van der Waals surface area contributed by atoms with E-state index in [0.29, 0.717) is 0 Å². The number of benzene rings is 11. The van der Waals surface area contributed by atoms with Crippen molar-refractivity contribution in [1.29, 1.82) is 0 Å². The van der Waals surface area contributed by atoms with Crippen molar-refractivity contribution in [2.75, 3.05) is 0 Å². The Labute approximate surface area is 352 Å². The number of rotatable bonds is 3. The van der Waals surface area contributed by atoms with Gasteiger partial charge < -0.3 is 0 Å². The molecule has 1 heterocycles.